The number of carbonyl (C=O) groups excluding carboxylic acids is 2. The lowest BCUT2D eigenvalue weighted by Crippen LogP contribution is -2.48. The van der Waals surface area contributed by atoms with Crippen LogP contribution in [0.1, 0.15) is 43.7 Å². The molecule has 5 rings (SSSR count). The molecule has 0 fully saturated rings. The number of nitrogens with one attached hydrogen (secondary N) is 2. The van der Waals surface area contributed by atoms with Crippen LogP contribution in [0.2, 0.25) is 0 Å². The van der Waals surface area contributed by atoms with Gasteiger partial charge in [-0.3, -0.25) is 19.3 Å². The van der Waals surface area contributed by atoms with Gasteiger partial charge in [0.25, 0.3) is 11.5 Å². The highest BCUT2D eigenvalue weighted by Crippen LogP contribution is 2.33. The summed E-state index contributed by atoms with van der Waals surface area (Å²) >= 11 is 0. The summed E-state index contributed by atoms with van der Waals surface area (Å²) in [6.45, 7) is 8.00. The molecule has 266 valence electrons. The summed E-state index contributed by atoms with van der Waals surface area (Å²) < 4.78 is 34.5. The van der Waals surface area contributed by atoms with E-state index in [0.29, 0.717) is 28.1 Å². The number of carboxylic acids is 1. The number of amides is 2. The first-order valence-corrected chi connectivity index (χ1v) is 16.0. The Bertz CT molecular complexity index is 2160. The van der Waals surface area contributed by atoms with Gasteiger partial charge in [0.1, 0.15) is 28.7 Å². The van der Waals surface area contributed by atoms with Crippen molar-refractivity contribution in [1.82, 2.24) is 19.7 Å². The molecule has 5 aromatic rings. The number of nitrogens with zero attached hydrogens (tertiary/aromatic N) is 3. The molecule has 0 saturated carbocycles. The number of aliphatic carboxylic acids is 1. The number of benzene rings is 3. The molecule has 51 heavy (non-hydrogen) atoms. The third kappa shape index (κ3) is 8.18. The van der Waals surface area contributed by atoms with E-state index in [9.17, 15) is 24.3 Å². The summed E-state index contributed by atoms with van der Waals surface area (Å²) in [6, 6.07) is 17.8. The molecular weight excluding hydrogens is 661 g/mol. The Morgan fingerprint density at radius 2 is 1.73 bits per heavy atom. The first-order valence-electron chi connectivity index (χ1n) is 16.0. The van der Waals surface area contributed by atoms with Gasteiger partial charge in [0.2, 0.25) is 0 Å². The van der Waals surface area contributed by atoms with Gasteiger partial charge in [0.05, 0.1) is 24.0 Å². The van der Waals surface area contributed by atoms with Gasteiger partial charge in [0, 0.05) is 41.9 Å². The Morgan fingerprint density at radius 1 is 1.00 bits per heavy atom. The smallest absolute Gasteiger partial charge is 0.408 e. The monoisotopic (exact) mass is 699 g/mol. The van der Waals surface area contributed by atoms with Crippen molar-refractivity contribution < 1.29 is 38.1 Å². The lowest BCUT2D eigenvalue weighted by atomic mass is 10.0. The third-order valence-electron chi connectivity index (χ3n) is 7.91. The van der Waals surface area contributed by atoms with Crippen molar-refractivity contribution in [2.75, 3.05) is 12.4 Å². The van der Waals surface area contributed by atoms with E-state index >= 15 is 4.39 Å². The van der Waals surface area contributed by atoms with Crippen molar-refractivity contribution in [3.63, 3.8) is 0 Å². The van der Waals surface area contributed by atoms with Crippen LogP contribution in [0.15, 0.2) is 83.8 Å². The normalized spacial score (nSPS) is 12.5. The molecule has 0 aliphatic rings. The van der Waals surface area contributed by atoms with Crippen molar-refractivity contribution in [1.29, 1.82) is 0 Å². The van der Waals surface area contributed by atoms with Crippen LogP contribution in [-0.4, -0.2) is 56.2 Å². The molecule has 0 aliphatic heterocycles. The fourth-order valence-electron chi connectivity index (χ4n) is 5.51. The highest BCUT2D eigenvalue weighted by molar-refractivity contribution is 6.05. The summed E-state index contributed by atoms with van der Waals surface area (Å²) in [5.74, 6) is -2.81. The van der Waals surface area contributed by atoms with Gasteiger partial charge in [-0.2, -0.15) is 0 Å². The molecule has 0 saturated heterocycles. The van der Waals surface area contributed by atoms with E-state index in [4.69, 9.17) is 14.2 Å². The Balaban J connectivity index is 1.42. The maximum absolute atomic E-state index is 15.4. The highest BCUT2D eigenvalue weighted by Gasteiger charge is 2.32. The third-order valence-corrected chi connectivity index (χ3v) is 7.91. The van der Waals surface area contributed by atoms with Crippen LogP contribution in [0.5, 0.6) is 17.2 Å². The largest absolute Gasteiger partial charge is 0.497 e. The maximum Gasteiger partial charge on any atom is 0.408 e. The fraction of sp³-hybridized carbons (Fsp3) is 0.270. The maximum atomic E-state index is 15.4. The number of halogens is 1. The number of aromatic nitrogens is 3. The molecule has 2 atom stereocenters. The van der Waals surface area contributed by atoms with Crippen molar-refractivity contribution in [2.24, 2.45) is 5.92 Å². The van der Waals surface area contributed by atoms with Crippen molar-refractivity contribution in [3.05, 3.63) is 106 Å². The van der Waals surface area contributed by atoms with Crippen LogP contribution >= 0.6 is 0 Å². The number of para-hydroxylation sites is 1. The fourth-order valence-corrected chi connectivity index (χ4v) is 5.51. The predicted molar refractivity (Wildman–Crippen MR) is 187 cm³/mol. The van der Waals surface area contributed by atoms with E-state index in [-0.39, 0.29) is 29.2 Å². The minimum atomic E-state index is -1.39. The molecule has 0 bridgehead atoms. The van der Waals surface area contributed by atoms with E-state index in [1.54, 1.807) is 96.3 Å². The van der Waals surface area contributed by atoms with Crippen LogP contribution in [0.3, 0.4) is 0 Å². The molecule has 0 radical (unpaired) electrons. The van der Waals surface area contributed by atoms with E-state index in [1.165, 1.54) is 27.7 Å². The molecule has 1 unspecified atom stereocenters. The van der Waals surface area contributed by atoms with Crippen LogP contribution in [0.25, 0.3) is 16.6 Å². The van der Waals surface area contributed by atoms with Gasteiger partial charge in [-0.1, -0.05) is 25.1 Å². The first kappa shape index (κ1) is 36.1. The summed E-state index contributed by atoms with van der Waals surface area (Å²) in [5.41, 5.74) is -0.493. The lowest BCUT2D eigenvalue weighted by molar-refractivity contribution is -0.141. The first-order chi connectivity index (χ1) is 24.2. The Morgan fingerprint density at radius 3 is 2.37 bits per heavy atom. The standard InChI is InChI=1S/C37H38FN5O8/c1-21(32(35(46)47)41-36(48)51-37(3,4)5)20-42-22(2)31(34(45)43(42)24-10-8-7-9-11-24)33(44)40-23-12-15-30(27(38)18-23)50-29-16-17-39-28-19-25(49-6)13-14-26(28)29/h7-19,21,32H,20H2,1-6H3,(H,40,44)(H,41,48)(H,46,47)/t21-,32?/m1/s1. The van der Waals surface area contributed by atoms with Gasteiger partial charge < -0.3 is 30.0 Å². The number of rotatable bonds is 11. The number of hydrogen-bond donors (Lipinski definition) is 3. The molecular formula is C37H38FN5O8. The molecule has 13 nitrogen and oxygen atoms in total. The minimum Gasteiger partial charge on any atom is -0.497 e. The van der Waals surface area contributed by atoms with Crippen LogP contribution in [0.4, 0.5) is 14.9 Å². The van der Waals surface area contributed by atoms with E-state index < -0.39 is 46.9 Å². The summed E-state index contributed by atoms with van der Waals surface area (Å²) in [5, 5.41) is 15.6. The lowest BCUT2D eigenvalue weighted by Gasteiger charge is -2.26. The summed E-state index contributed by atoms with van der Waals surface area (Å²) in [7, 11) is 1.54. The quantitative estimate of drug-likeness (QED) is 0.144. The summed E-state index contributed by atoms with van der Waals surface area (Å²) in [4.78, 5) is 56.6. The number of hydrogen-bond acceptors (Lipinski definition) is 8. The second-order valence-corrected chi connectivity index (χ2v) is 12.8. The van der Waals surface area contributed by atoms with Gasteiger partial charge in [0.15, 0.2) is 11.6 Å². The molecule has 3 N–H and O–H groups in total. The number of ether oxygens (including phenoxy) is 3. The summed E-state index contributed by atoms with van der Waals surface area (Å²) in [6.07, 6.45) is 0.616. The van der Waals surface area contributed by atoms with Gasteiger partial charge in [-0.15, -0.1) is 0 Å². The molecule has 3 aromatic carbocycles. The average molecular weight is 700 g/mol. The van der Waals surface area contributed by atoms with Crippen molar-refractivity contribution in [2.45, 2.75) is 52.8 Å². The second-order valence-electron chi connectivity index (χ2n) is 12.8. The van der Waals surface area contributed by atoms with E-state index in [2.05, 4.69) is 15.6 Å². The topological polar surface area (TPSA) is 163 Å². The number of fused-ring (bicyclic) bond motifs is 1. The predicted octanol–water partition coefficient (Wildman–Crippen LogP) is 6.30. The van der Waals surface area contributed by atoms with Gasteiger partial charge in [-0.05, 0) is 70.2 Å². The molecule has 2 aromatic heterocycles. The zero-order valence-electron chi connectivity index (χ0n) is 28.9. The van der Waals surface area contributed by atoms with Gasteiger partial charge >= 0.3 is 12.1 Å². The number of anilines is 1. The van der Waals surface area contributed by atoms with Gasteiger partial charge in [-0.25, -0.2) is 18.7 Å². The van der Waals surface area contributed by atoms with Crippen LogP contribution < -0.4 is 25.7 Å². The van der Waals surface area contributed by atoms with Crippen LogP contribution in [-0.2, 0) is 16.1 Å². The average Bonchev–Trinajstić information content (AvgIpc) is 3.32. The van der Waals surface area contributed by atoms with Crippen molar-refractivity contribution >= 4 is 34.6 Å². The molecule has 0 spiro atoms. The SMILES string of the molecule is COc1ccc2c(Oc3ccc(NC(=O)c4c(C)n(C[C@@H](C)C(NC(=O)OC(C)(C)C)C(=O)O)n(-c5ccccc5)c4=O)cc3F)ccnc2c1. The highest BCUT2D eigenvalue weighted by atomic mass is 19.1. The van der Waals surface area contributed by atoms with Crippen molar-refractivity contribution in [3.8, 4) is 22.9 Å². The number of carbonyl (C=O) groups is 3. The number of carboxylic acid groups (broad SMARTS) is 1. The van der Waals surface area contributed by atoms with E-state index in [0.717, 1.165) is 6.07 Å². The Labute approximate surface area is 292 Å². The Kier molecular flexibility index (Phi) is 10.4. The Hall–Kier alpha value is -6.18. The molecule has 2 amide bonds. The minimum absolute atomic E-state index is 0.0628. The number of methoxy groups -OCH3 is 1. The van der Waals surface area contributed by atoms with E-state index in [1.807, 2.05) is 0 Å². The zero-order valence-corrected chi connectivity index (χ0v) is 28.9. The molecule has 2 heterocycles. The zero-order chi connectivity index (χ0) is 37.0. The second kappa shape index (κ2) is 14.7. The number of alkyl carbamates (subject to hydrolysis) is 1. The molecule has 0 aliphatic carbocycles. The number of pyridine rings is 1. The van der Waals surface area contributed by atoms with Crippen LogP contribution in [0, 0.1) is 18.7 Å². The molecule has 14 heteroatoms.